The second-order valence-electron chi connectivity index (χ2n) is 5.55. The number of esters is 1. The molecule has 0 aliphatic rings. The van der Waals surface area contributed by atoms with Gasteiger partial charge in [0.05, 0.1) is 24.3 Å². The average Bonchev–Trinajstić information content (AvgIpc) is 3.14. The van der Waals surface area contributed by atoms with E-state index in [9.17, 15) is 4.79 Å². The molecule has 0 bridgehead atoms. The quantitative estimate of drug-likeness (QED) is 0.399. The Hall–Kier alpha value is -1.95. The van der Waals surface area contributed by atoms with Crippen LogP contribution in [0, 0.1) is 0 Å². The summed E-state index contributed by atoms with van der Waals surface area (Å²) in [6.07, 6.45) is 5.44. The van der Waals surface area contributed by atoms with E-state index >= 15 is 0 Å². The number of carbonyl (C=O) groups excluding carboxylic acids is 1. The Morgan fingerprint density at radius 3 is 2.62 bits per heavy atom. The first-order valence-corrected chi connectivity index (χ1v) is 9.46. The van der Waals surface area contributed by atoms with Crippen LogP contribution < -0.4 is 0 Å². The van der Waals surface area contributed by atoms with Gasteiger partial charge in [0.25, 0.3) is 0 Å². The second-order valence-corrected chi connectivity index (χ2v) is 7.67. The third-order valence-corrected chi connectivity index (χ3v) is 5.59. The summed E-state index contributed by atoms with van der Waals surface area (Å²) in [5, 5.41) is 1.28. The molecule has 0 amide bonds. The van der Waals surface area contributed by atoms with Crippen molar-refractivity contribution in [3.63, 3.8) is 0 Å². The van der Waals surface area contributed by atoms with E-state index in [0.717, 1.165) is 10.5 Å². The Balaban J connectivity index is 1.87. The molecule has 4 nitrogen and oxygen atoms in total. The van der Waals surface area contributed by atoms with Gasteiger partial charge < -0.3 is 9.30 Å². The maximum atomic E-state index is 11.6. The van der Waals surface area contributed by atoms with Gasteiger partial charge in [-0.3, -0.25) is 0 Å². The number of methoxy groups -OCH3 is 1. The summed E-state index contributed by atoms with van der Waals surface area (Å²) in [4.78, 5) is 16.7. The molecule has 0 radical (unpaired) electrons. The molecule has 7 heteroatoms. The third kappa shape index (κ3) is 4.61. The first-order chi connectivity index (χ1) is 12.6. The Morgan fingerprint density at radius 1 is 1.23 bits per heavy atom. The lowest BCUT2D eigenvalue weighted by Gasteiger charge is -2.19. The molecular weight excluding hydrogens is 391 g/mol. The fourth-order valence-corrected chi connectivity index (χ4v) is 4.31. The van der Waals surface area contributed by atoms with E-state index in [1.54, 1.807) is 42.5 Å². The fraction of sp³-hybridized carbons (Fsp3) is 0.158. The minimum Gasteiger partial charge on any atom is -0.465 e. The molecular formula is C19H16Cl2N2O2S. The van der Waals surface area contributed by atoms with E-state index in [-0.39, 0.29) is 11.2 Å². The number of hydrogen-bond acceptors (Lipinski definition) is 4. The van der Waals surface area contributed by atoms with Crippen LogP contribution in [0.5, 0.6) is 0 Å². The van der Waals surface area contributed by atoms with Crippen molar-refractivity contribution in [1.82, 2.24) is 9.55 Å². The summed E-state index contributed by atoms with van der Waals surface area (Å²) in [6.45, 7) is 0.699. The van der Waals surface area contributed by atoms with Crippen LogP contribution in [0.25, 0.3) is 0 Å². The summed E-state index contributed by atoms with van der Waals surface area (Å²) in [5.74, 6) is -0.350. The molecule has 1 heterocycles. The van der Waals surface area contributed by atoms with Crippen molar-refractivity contribution in [2.75, 3.05) is 7.11 Å². The molecule has 0 spiro atoms. The highest BCUT2D eigenvalue weighted by Gasteiger charge is 2.18. The number of nitrogens with zero attached hydrogens (tertiary/aromatic N) is 2. The van der Waals surface area contributed by atoms with Crippen molar-refractivity contribution in [2.45, 2.75) is 16.7 Å². The zero-order valence-corrected chi connectivity index (χ0v) is 16.3. The van der Waals surface area contributed by atoms with Crippen LogP contribution in [0.4, 0.5) is 0 Å². The lowest BCUT2D eigenvalue weighted by atomic mass is 10.1. The maximum absolute atomic E-state index is 11.6. The summed E-state index contributed by atoms with van der Waals surface area (Å²) in [7, 11) is 1.37. The van der Waals surface area contributed by atoms with Crippen LogP contribution in [0.3, 0.4) is 0 Å². The van der Waals surface area contributed by atoms with Crippen LogP contribution >= 0.6 is 35.0 Å². The van der Waals surface area contributed by atoms with Crippen molar-refractivity contribution < 1.29 is 9.53 Å². The minimum atomic E-state index is -0.350. The monoisotopic (exact) mass is 406 g/mol. The number of imidazole rings is 1. The SMILES string of the molecule is COC(=O)c1ccc(SC(Cn2ccnc2)c2ccc(Cl)cc2Cl)cc1. The number of rotatable bonds is 6. The molecule has 0 fully saturated rings. The lowest BCUT2D eigenvalue weighted by molar-refractivity contribution is 0.0600. The smallest absolute Gasteiger partial charge is 0.337 e. The van der Waals surface area contributed by atoms with Crippen molar-refractivity contribution in [3.05, 3.63) is 82.4 Å². The number of thioether (sulfide) groups is 1. The Bertz CT molecular complexity index is 883. The van der Waals surface area contributed by atoms with E-state index in [1.807, 2.05) is 35.0 Å². The van der Waals surface area contributed by atoms with E-state index in [0.29, 0.717) is 22.2 Å². The minimum absolute atomic E-state index is 0.0537. The van der Waals surface area contributed by atoms with Gasteiger partial charge >= 0.3 is 5.97 Å². The molecule has 0 aliphatic heterocycles. The second kappa shape index (κ2) is 8.62. The predicted octanol–water partition coefficient (Wildman–Crippen LogP) is 5.51. The molecule has 1 atom stereocenters. The van der Waals surface area contributed by atoms with Gasteiger partial charge in [0.1, 0.15) is 0 Å². The van der Waals surface area contributed by atoms with Crippen LogP contribution in [0.2, 0.25) is 10.0 Å². The molecule has 3 rings (SSSR count). The van der Waals surface area contributed by atoms with Gasteiger partial charge in [-0.25, -0.2) is 9.78 Å². The van der Waals surface area contributed by atoms with E-state index in [2.05, 4.69) is 4.98 Å². The number of ether oxygens (including phenoxy) is 1. The molecule has 26 heavy (non-hydrogen) atoms. The molecule has 2 aromatic carbocycles. The normalized spacial score (nSPS) is 12.0. The number of benzene rings is 2. The Morgan fingerprint density at radius 2 is 2.00 bits per heavy atom. The highest BCUT2D eigenvalue weighted by atomic mass is 35.5. The van der Waals surface area contributed by atoms with Gasteiger partial charge in [0.15, 0.2) is 0 Å². The highest BCUT2D eigenvalue weighted by Crippen LogP contribution is 2.40. The van der Waals surface area contributed by atoms with Crippen molar-refractivity contribution in [1.29, 1.82) is 0 Å². The van der Waals surface area contributed by atoms with Gasteiger partial charge in [-0.15, -0.1) is 11.8 Å². The molecule has 1 aromatic heterocycles. The predicted molar refractivity (Wildman–Crippen MR) is 105 cm³/mol. The van der Waals surface area contributed by atoms with E-state index in [1.165, 1.54) is 7.11 Å². The summed E-state index contributed by atoms with van der Waals surface area (Å²) >= 11 is 14.1. The first kappa shape index (κ1) is 18.8. The molecule has 0 saturated heterocycles. The van der Waals surface area contributed by atoms with Crippen LogP contribution in [-0.4, -0.2) is 22.6 Å². The van der Waals surface area contributed by atoms with E-state index < -0.39 is 0 Å². The summed E-state index contributed by atoms with van der Waals surface area (Å²) in [5.41, 5.74) is 1.51. The number of aromatic nitrogens is 2. The molecule has 1 unspecified atom stereocenters. The molecule has 0 N–H and O–H groups in total. The standard InChI is InChI=1S/C19H16Cl2N2O2S/c1-25-19(24)13-2-5-15(6-3-13)26-18(11-23-9-8-22-12-23)16-7-4-14(20)10-17(16)21/h2-10,12,18H,11H2,1H3. The molecule has 0 saturated carbocycles. The zero-order chi connectivity index (χ0) is 18.5. The van der Waals surface area contributed by atoms with Crippen molar-refractivity contribution in [3.8, 4) is 0 Å². The van der Waals surface area contributed by atoms with Gasteiger partial charge in [-0.2, -0.15) is 0 Å². The first-order valence-electron chi connectivity index (χ1n) is 7.82. The number of hydrogen-bond donors (Lipinski definition) is 0. The average molecular weight is 407 g/mol. The topological polar surface area (TPSA) is 44.1 Å². The van der Waals surface area contributed by atoms with Crippen LogP contribution in [0.1, 0.15) is 21.2 Å². The summed E-state index contributed by atoms with van der Waals surface area (Å²) < 4.78 is 6.74. The van der Waals surface area contributed by atoms with E-state index in [4.69, 9.17) is 27.9 Å². The molecule has 0 aliphatic carbocycles. The highest BCUT2D eigenvalue weighted by molar-refractivity contribution is 7.99. The van der Waals surface area contributed by atoms with Gasteiger partial charge in [0, 0.05) is 33.9 Å². The van der Waals surface area contributed by atoms with Gasteiger partial charge in [0.2, 0.25) is 0 Å². The van der Waals surface area contributed by atoms with Gasteiger partial charge in [-0.1, -0.05) is 29.3 Å². The number of carbonyl (C=O) groups is 1. The Kier molecular flexibility index (Phi) is 6.25. The zero-order valence-electron chi connectivity index (χ0n) is 13.9. The maximum Gasteiger partial charge on any atom is 0.337 e. The van der Waals surface area contributed by atoms with Crippen LogP contribution in [0.15, 0.2) is 66.1 Å². The third-order valence-electron chi connectivity index (χ3n) is 3.80. The molecule has 134 valence electrons. The Labute approximate surface area is 166 Å². The van der Waals surface area contributed by atoms with Crippen molar-refractivity contribution in [2.24, 2.45) is 0 Å². The lowest BCUT2D eigenvalue weighted by Crippen LogP contribution is -2.06. The molecule has 3 aromatic rings. The van der Waals surface area contributed by atoms with Crippen LogP contribution in [-0.2, 0) is 11.3 Å². The van der Waals surface area contributed by atoms with Crippen molar-refractivity contribution >= 4 is 40.9 Å². The number of halogens is 2. The summed E-state index contributed by atoms with van der Waals surface area (Å²) in [6, 6.07) is 12.9. The largest absolute Gasteiger partial charge is 0.465 e. The van der Waals surface area contributed by atoms with Gasteiger partial charge in [-0.05, 0) is 42.0 Å². The fourth-order valence-electron chi connectivity index (χ4n) is 2.50.